The van der Waals surface area contributed by atoms with Crippen LogP contribution in [0.1, 0.15) is 0 Å². The zero-order valence-corrected chi connectivity index (χ0v) is 20.5. The summed E-state index contributed by atoms with van der Waals surface area (Å²) in [6.07, 6.45) is 32.0. The molecule has 2 aliphatic rings. The van der Waals surface area contributed by atoms with Crippen molar-refractivity contribution in [3.8, 4) is 0 Å². The van der Waals surface area contributed by atoms with Crippen LogP contribution in [0.4, 0.5) is 0 Å². The minimum absolute atomic E-state index is 0. The quantitative estimate of drug-likeness (QED) is 0.508. The maximum Gasteiger partial charge on any atom is 0 e. The fourth-order valence-electron chi connectivity index (χ4n) is 1.03. The summed E-state index contributed by atoms with van der Waals surface area (Å²) in [5.41, 5.74) is 0. The Morgan fingerprint density at radius 2 is 0.263 bits per heavy atom. The Hall–Kier alpha value is 2.53. The second-order valence-corrected chi connectivity index (χ2v) is 3.08. The van der Waals surface area contributed by atoms with Gasteiger partial charge in [-0.05, 0) is 0 Å². The molecule has 2 rings (SSSR count). The first-order valence-corrected chi connectivity index (χ1v) is 5.33. The number of allylic oxidation sites excluding steroid dienone is 16. The molecule has 19 heavy (non-hydrogen) atoms. The summed E-state index contributed by atoms with van der Waals surface area (Å²) in [5, 5.41) is 0. The van der Waals surface area contributed by atoms with Crippen molar-refractivity contribution in [1.29, 1.82) is 0 Å². The standard InChI is InChI=1S/2C8H8.2K.Sm/c2*1-2-4-6-8-7-5-3-1;;;/h2*1-8H;;;/b2*2-1-,3-1?,4-2?,5-3-,6-4-,7-5?,8-6?,8-7-;;;. The van der Waals surface area contributed by atoms with Crippen LogP contribution in [0, 0.1) is 40.4 Å². The molecule has 0 spiro atoms. The van der Waals surface area contributed by atoms with Gasteiger partial charge in [-0.15, -0.1) is 0 Å². The van der Waals surface area contributed by atoms with E-state index >= 15 is 0 Å². The van der Waals surface area contributed by atoms with Gasteiger partial charge in [-0.2, -0.15) is 0 Å². The van der Waals surface area contributed by atoms with Gasteiger partial charge in [0.1, 0.15) is 0 Å². The van der Waals surface area contributed by atoms with Gasteiger partial charge in [0.2, 0.25) is 0 Å². The van der Waals surface area contributed by atoms with Crippen LogP contribution in [0.15, 0.2) is 97.2 Å². The van der Waals surface area contributed by atoms with Crippen molar-refractivity contribution in [1.82, 2.24) is 0 Å². The minimum Gasteiger partial charge on any atom is -0.0623 e. The molecular weight excluding hydrogens is 421 g/mol. The molecule has 0 nitrogen and oxygen atoms in total. The van der Waals surface area contributed by atoms with E-state index in [1.165, 1.54) is 0 Å². The predicted octanol–water partition coefficient (Wildman–Crippen LogP) is 3.69. The third-order valence-electron chi connectivity index (χ3n) is 1.78. The molecule has 0 amide bonds. The molecule has 0 fully saturated rings. The van der Waals surface area contributed by atoms with Gasteiger partial charge in [0.15, 0.2) is 0 Å². The number of rotatable bonds is 0. The third kappa shape index (κ3) is 20.5. The minimum atomic E-state index is 0. The van der Waals surface area contributed by atoms with Crippen molar-refractivity contribution in [2.75, 3.05) is 0 Å². The molecule has 0 aromatic rings. The Morgan fingerprint density at radius 1 is 0.211 bits per heavy atom. The fraction of sp³-hybridized carbons (Fsp3) is 0. The van der Waals surface area contributed by atoms with Crippen LogP contribution in [0.2, 0.25) is 0 Å². The Balaban J connectivity index is -0.000000233. The SMILES string of the molecule is C1=C\C=C/C=C\C=C/1.C1=C\C=C/C=C\C=C/1.[K].[K].[Sm]. The van der Waals surface area contributed by atoms with Gasteiger partial charge in [0.25, 0.3) is 0 Å². The first-order chi connectivity index (χ1) is 8.00. The molecule has 0 heterocycles. The molecule has 0 unspecified atom stereocenters. The van der Waals surface area contributed by atoms with Gasteiger partial charge in [-0.3, -0.25) is 0 Å². The predicted molar refractivity (Wildman–Crippen MR) is 84.6 cm³/mol. The molecule has 0 saturated carbocycles. The Labute approximate surface area is 234 Å². The van der Waals surface area contributed by atoms with E-state index in [9.17, 15) is 0 Å². The molecular formula is C16H16K2Sm. The zero-order valence-electron chi connectivity index (χ0n) is 11.6. The fourth-order valence-corrected chi connectivity index (χ4v) is 1.03. The summed E-state index contributed by atoms with van der Waals surface area (Å²) in [4.78, 5) is 0. The summed E-state index contributed by atoms with van der Waals surface area (Å²) in [7, 11) is 0. The normalized spacial score (nSPS) is 26.9. The Morgan fingerprint density at radius 3 is 0.316 bits per heavy atom. The first kappa shape index (κ1) is 26.4. The second-order valence-electron chi connectivity index (χ2n) is 3.08. The van der Waals surface area contributed by atoms with Gasteiger partial charge in [-0.25, -0.2) is 0 Å². The molecule has 0 aliphatic heterocycles. The summed E-state index contributed by atoms with van der Waals surface area (Å²) in [6, 6.07) is 0. The van der Waals surface area contributed by atoms with E-state index in [1.807, 2.05) is 97.2 Å². The van der Waals surface area contributed by atoms with Crippen LogP contribution < -0.4 is 0 Å². The number of hydrogen-bond acceptors (Lipinski definition) is 0. The maximum atomic E-state index is 2.00. The molecule has 2 aliphatic carbocycles. The molecule has 0 saturated heterocycles. The van der Waals surface area contributed by atoms with Crippen LogP contribution in [0.5, 0.6) is 0 Å². The van der Waals surface area contributed by atoms with Crippen molar-refractivity contribution in [2.24, 2.45) is 0 Å². The van der Waals surface area contributed by atoms with Crippen LogP contribution in [0.25, 0.3) is 0 Å². The topological polar surface area (TPSA) is 0 Å². The van der Waals surface area contributed by atoms with Gasteiger partial charge in [0.05, 0.1) is 0 Å². The van der Waals surface area contributed by atoms with E-state index in [1.54, 1.807) is 0 Å². The van der Waals surface area contributed by atoms with Crippen molar-refractivity contribution < 1.29 is 40.4 Å². The summed E-state index contributed by atoms with van der Waals surface area (Å²) < 4.78 is 0. The summed E-state index contributed by atoms with van der Waals surface area (Å²) >= 11 is 0. The summed E-state index contributed by atoms with van der Waals surface area (Å²) in [5.74, 6) is 0. The van der Waals surface area contributed by atoms with Gasteiger partial charge < -0.3 is 0 Å². The van der Waals surface area contributed by atoms with Crippen LogP contribution in [0.3, 0.4) is 0 Å². The van der Waals surface area contributed by atoms with E-state index < -0.39 is 0 Å². The summed E-state index contributed by atoms with van der Waals surface area (Å²) in [6.45, 7) is 0. The van der Waals surface area contributed by atoms with E-state index in [4.69, 9.17) is 0 Å². The molecule has 0 bridgehead atoms. The van der Waals surface area contributed by atoms with E-state index in [0.29, 0.717) is 0 Å². The van der Waals surface area contributed by atoms with Gasteiger partial charge in [-0.1, -0.05) is 97.2 Å². The average Bonchev–Trinajstić information content (AvgIpc) is 2.15. The first-order valence-electron chi connectivity index (χ1n) is 5.33. The van der Waals surface area contributed by atoms with Crippen molar-refractivity contribution in [2.45, 2.75) is 0 Å². The van der Waals surface area contributed by atoms with E-state index in [2.05, 4.69) is 0 Å². The molecule has 2 radical (unpaired) electrons. The molecule has 0 aromatic heterocycles. The zero-order chi connectivity index (χ0) is 11.3. The van der Waals surface area contributed by atoms with E-state index in [-0.39, 0.29) is 143 Å². The van der Waals surface area contributed by atoms with Crippen LogP contribution >= 0.6 is 0 Å². The van der Waals surface area contributed by atoms with Crippen molar-refractivity contribution in [3.05, 3.63) is 97.2 Å². The number of hydrogen-bond donors (Lipinski definition) is 0. The third-order valence-corrected chi connectivity index (χ3v) is 1.78. The Bertz CT molecular complexity index is 256. The molecule has 0 aromatic carbocycles. The average molecular weight is 437 g/mol. The van der Waals surface area contributed by atoms with E-state index in [0.717, 1.165) is 0 Å². The largest absolute Gasteiger partial charge is 0.0623 e. The molecule has 88 valence electrons. The van der Waals surface area contributed by atoms with Gasteiger partial charge >= 0.3 is 0 Å². The Kier molecular flexibility index (Phi) is 31.7. The smallest absolute Gasteiger partial charge is 0 e. The van der Waals surface area contributed by atoms with Crippen LogP contribution in [-0.4, -0.2) is 103 Å². The monoisotopic (exact) mass is 438 g/mol. The molecule has 0 atom stereocenters. The second kappa shape index (κ2) is 22.8. The van der Waals surface area contributed by atoms with Crippen molar-refractivity contribution >= 4 is 103 Å². The van der Waals surface area contributed by atoms with Gasteiger partial charge in [0, 0.05) is 143 Å². The van der Waals surface area contributed by atoms with Crippen LogP contribution in [-0.2, 0) is 0 Å². The molecule has 3 heteroatoms. The maximum absolute atomic E-state index is 2.00. The van der Waals surface area contributed by atoms with Crippen molar-refractivity contribution in [3.63, 3.8) is 0 Å². The molecule has 0 N–H and O–H groups in total.